The van der Waals surface area contributed by atoms with Crippen molar-refractivity contribution in [1.82, 2.24) is 15.2 Å². The van der Waals surface area contributed by atoms with Crippen LogP contribution in [0.2, 0.25) is 0 Å². The first-order valence-electron chi connectivity index (χ1n) is 6.78. The SMILES string of the molecule is Cc1nc(C)c(CCC(=O)Nc2ccc3cn[nH]c3c2)s1. The minimum absolute atomic E-state index is 0.0133. The van der Waals surface area contributed by atoms with Gasteiger partial charge in [-0.15, -0.1) is 11.3 Å². The van der Waals surface area contributed by atoms with E-state index >= 15 is 0 Å². The molecule has 0 unspecified atom stereocenters. The summed E-state index contributed by atoms with van der Waals surface area (Å²) in [4.78, 5) is 17.6. The second kappa shape index (κ2) is 5.65. The molecule has 2 heterocycles. The lowest BCUT2D eigenvalue weighted by atomic mass is 10.2. The van der Waals surface area contributed by atoms with E-state index in [9.17, 15) is 4.79 Å². The summed E-state index contributed by atoms with van der Waals surface area (Å²) in [7, 11) is 0. The highest BCUT2D eigenvalue weighted by atomic mass is 32.1. The molecule has 3 aromatic rings. The van der Waals surface area contributed by atoms with Crippen molar-refractivity contribution in [1.29, 1.82) is 0 Å². The van der Waals surface area contributed by atoms with Crippen LogP contribution in [0.4, 0.5) is 5.69 Å². The molecule has 0 atom stereocenters. The third-order valence-corrected chi connectivity index (χ3v) is 4.44. The molecule has 0 bridgehead atoms. The van der Waals surface area contributed by atoms with Crippen molar-refractivity contribution in [2.45, 2.75) is 26.7 Å². The summed E-state index contributed by atoms with van der Waals surface area (Å²) in [5.41, 5.74) is 2.74. The maximum Gasteiger partial charge on any atom is 0.224 e. The third kappa shape index (κ3) is 3.11. The van der Waals surface area contributed by atoms with Crippen LogP contribution in [0.15, 0.2) is 24.4 Å². The zero-order valence-corrected chi connectivity index (χ0v) is 12.8. The Morgan fingerprint density at radius 1 is 1.38 bits per heavy atom. The average Bonchev–Trinajstić information content (AvgIpc) is 3.02. The van der Waals surface area contributed by atoms with Crippen molar-refractivity contribution < 1.29 is 4.79 Å². The number of benzene rings is 1. The fraction of sp³-hybridized carbons (Fsp3) is 0.267. The number of hydrogen-bond donors (Lipinski definition) is 2. The fourth-order valence-electron chi connectivity index (χ4n) is 2.27. The first-order chi connectivity index (χ1) is 10.1. The molecule has 3 rings (SSSR count). The number of H-pyrrole nitrogens is 1. The van der Waals surface area contributed by atoms with E-state index in [1.54, 1.807) is 17.5 Å². The number of rotatable bonds is 4. The van der Waals surface area contributed by atoms with Crippen LogP contribution in [-0.2, 0) is 11.2 Å². The normalized spacial score (nSPS) is 11.0. The Labute approximate surface area is 126 Å². The molecule has 1 aromatic carbocycles. The van der Waals surface area contributed by atoms with E-state index in [2.05, 4.69) is 20.5 Å². The topological polar surface area (TPSA) is 70.7 Å². The Morgan fingerprint density at radius 3 is 3.00 bits per heavy atom. The average molecular weight is 300 g/mol. The number of fused-ring (bicyclic) bond motifs is 1. The monoisotopic (exact) mass is 300 g/mol. The standard InChI is InChI=1S/C15H16N4OS/c1-9-14(21-10(2)17-9)5-6-15(20)18-12-4-3-11-8-16-19-13(11)7-12/h3-4,7-8H,5-6H2,1-2H3,(H,16,19)(H,18,20). The highest BCUT2D eigenvalue weighted by molar-refractivity contribution is 7.11. The molecular weight excluding hydrogens is 284 g/mol. The number of carbonyl (C=O) groups is 1. The van der Waals surface area contributed by atoms with Gasteiger partial charge < -0.3 is 5.32 Å². The number of aromatic amines is 1. The van der Waals surface area contributed by atoms with Crippen molar-refractivity contribution in [3.05, 3.63) is 40.0 Å². The fourth-order valence-corrected chi connectivity index (χ4v) is 3.21. The van der Waals surface area contributed by atoms with Crippen LogP contribution in [-0.4, -0.2) is 21.1 Å². The molecular formula is C15H16N4OS. The summed E-state index contributed by atoms with van der Waals surface area (Å²) in [6, 6.07) is 5.71. The molecule has 21 heavy (non-hydrogen) atoms. The van der Waals surface area contributed by atoms with E-state index in [0.717, 1.165) is 33.7 Å². The predicted octanol–water partition coefficient (Wildman–Crippen LogP) is 3.21. The van der Waals surface area contributed by atoms with Crippen LogP contribution in [0.3, 0.4) is 0 Å². The second-order valence-corrected chi connectivity index (χ2v) is 6.25. The second-order valence-electron chi connectivity index (χ2n) is 4.96. The number of nitrogens with zero attached hydrogens (tertiary/aromatic N) is 2. The number of nitrogens with one attached hydrogen (secondary N) is 2. The smallest absolute Gasteiger partial charge is 0.224 e. The molecule has 0 aliphatic carbocycles. The van der Waals surface area contributed by atoms with Gasteiger partial charge in [0, 0.05) is 22.4 Å². The van der Waals surface area contributed by atoms with Gasteiger partial charge >= 0.3 is 0 Å². The predicted molar refractivity (Wildman–Crippen MR) is 84.6 cm³/mol. The van der Waals surface area contributed by atoms with Crippen LogP contribution >= 0.6 is 11.3 Å². The lowest BCUT2D eigenvalue weighted by Gasteiger charge is -2.05. The number of thiazole rings is 1. The van der Waals surface area contributed by atoms with E-state index in [0.29, 0.717) is 6.42 Å². The summed E-state index contributed by atoms with van der Waals surface area (Å²) < 4.78 is 0. The number of carbonyl (C=O) groups excluding carboxylic acids is 1. The van der Waals surface area contributed by atoms with Gasteiger partial charge in [0.2, 0.25) is 5.91 Å². The molecule has 0 saturated carbocycles. The minimum Gasteiger partial charge on any atom is -0.326 e. The summed E-state index contributed by atoms with van der Waals surface area (Å²) in [6.07, 6.45) is 2.95. The van der Waals surface area contributed by atoms with Gasteiger partial charge in [0.15, 0.2) is 0 Å². The molecule has 0 spiro atoms. The molecule has 0 saturated heterocycles. The zero-order valence-electron chi connectivity index (χ0n) is 11.9. The molecule has 2 aromatic heterocycles. The number of aromatic nitrogens is 3. The molecule has 108 valence electrons. The summed E-state index contributed by atoms with van der Waals surface area (Å²) in [6.45, 7) is 3.98. The van der Waals surface area contributed by atoms with Gasteiger partial charge in [0.25, 0.3) is 0 Å². The van der Waals surface area contributed by atoms with Gasteiger partial charge in [-0.25, -0.2) is 4.98 Å². The van der Waals surface area contributed by atoms with Crippen LogP contribution in [0.25, 0.3) is 10.9 Å². The maximum absolute atomic E-state index is 12.0. The van der Waals surface area contributed by atoms with Crippen LogP contribution < -0.4 is 5.32 Å². The third-order valence-electron chi connectivity index (χ3n) is 3.30. The quantitative estimate of drug-likeness (QED) is 0.777. The van der Waals surface area contributed by atoms with Crippen molar-refractivity contribution in [3.8, 4) is 0 Å². The Morgan fingerprint density at radius 2 is 2.24 bits per heavy atom. The van der Waals surface area contributed by atoms with Crippen LogP contribution in [0, 0.1) is 13.8 Å². The molecule has 0 aliphatic heterocycles. The Balaban J connectivity index is 1.62. The van der Waals surface area contributed by atoms with Crippen LogP contribution in [0.1, 0.15) is 22.0 Å². The van der Waals surface area contributed by atoms with Gasteiger partial charge in [-0.05, 0) is 38.5 Å². The molecule has 0 aliphatic rings. The van der Waals surface area contributed by atoms with Crippen LogP contribution in [0.5, 0.6) is 0 Å². The van der Waals surface area contributed by atoms with E-state index in [-0.39, 0.29) is 5.91 Å². The number of hydrogen-bond acceptors (Lipinski definition) is 4. The van der Waals surface area contributed by atoms with Gasteiger partial charge in [-0.1, -0.05) is 0 Å². The lowest BCUT2D eigenvalue weighted by Crippen LogP contribution is -2.12. The molecule has 0 radical (unpaired) electrons. The van der Waals surface area contributed by atoms with Crippen molar-refractivity contribution in [3.63, 3.8) is 0 Å². The molecule has 1 amide bonds. The highest BCUT2D eigenvalue weighted by Crippen LogP contribution is 2.20. The van der Waals surface area contributed by atoms with Gasteiger partial charge in [-0.3, -0.25) is 9.89 Å². The molecule has 2 N–H and O–H groups in total. The van der Waals surface area contributed by atoms with Gasteiger partial charge in [0.1, 0.15) is 0 Å². The molecule has 5 nitrogen and oxygen atoms in total. The molecule has 6 heteroatoms. The van der Waals surface area contributed by atoms with Crippen molar-refractivity contribution in [2.24, 2.45) is 0 Å². The van der Waals surface area contributed by atoms with Gasteiger partial charge in [0.05, 0.1) is 22.4 Å². The summed E-state index contributed by atoms with van der Waals surface area (Å²) >= 11 is 1.66. The minimum atomic E-state index is 0.0133. The Hall–Kier alpha value is -2.21. The largest absolute Gasteiger partial charge is 0.326 e. The van der Waals surface area contributed by atoms with E-state index in [1.165, 1.54) is 4.88 Å². The summed E-state index contributed by atoms with van der Waals surface area (Å²) in [5, 5.41) is 11.9. The first kappa shape index (κ1) is 13.8. The molecule has 0 fully saturated rings. The maximum atomic E-state index is 12.0. The number of aryl methyl sites for hydroxylation is 3. The van der Waals surface area contributed by atoms with E-state index in [1.807, 2.05) is 32.0 Å². The highest BCUT2D eigenvalue weighted by Gasteiger charge is 2.09. The number of amides is 1. The van der Waals surface area contributed by atoms with Crippen molar-refractivity contribution >= 4 is 33.8 Å². The number of anilines is 1. The lowest BCUT2D eigenvalue weighted by molar-refractivity contribution is -0.116. The Bertz CT molecular complexity index is 790. The van der Waals surface area contributed by atoms with Gasteiger partial charge in [-0.2, -0.15) is 5.10 Å². The first-order valence-corrected chi connectivity index (χ1v) is 7.59. The van der Waals surface area contributed by atoms with Crippen molar-refractivity contribution in [2.75, 3.05) is 5.32 Å². The zero-order chi connectivity index (χ0) is 14.8. The summed E-state index contributed by atoms with van der Waals surface area (Å²) in [5.74, 6) is 0.0133. The van der Waals surface area contributed by atoms with E-state index < -0.39 is 0 Å². The Kier molecular flexibility index (Phi) is 3.70. The van der Waals surface area contributed by atoms with E-state index in [4.69, 9.17) is 0 Å².